The zero-order valence-electron chi connectivity index (χ0n) is 16.8. The Morgan fingerprint density at radius 3 is 2.42 bits per heavy atom. The summed E-state index contributed by atoms with van der Waals surface area (Å²) in [5, 5.41) is 7.45. The predicted octanol–water partition coefficient (Wildman–Crippen LogP) is 4.85. The molecule has 2 amide bonds. The number of rotatable bonds is 6. The van der Waals surface area contributed by atoms with Crippen LogP contribution in [0.2, 0.25) is 0 Å². The van der Waals surface area contributed by atoms with Crippen LogP contribution < -0.4 is 15.4 Å². The van der Waals surface area contributed by atoms with E-state index in [-0.39, 0.29) is 11.5 Å². The number of methoxy groups -OCH3 is 1. The maximum absolute atomic E-state index is 13.1. The van der Waals surface area contributed by atoms with Crippen molar-refractivity contribution in [3.8, 4) is 5.75 Å². The molecule has 1 aromatic heterocycles. The molecule has 0 aliphatic rings. The van der Waals surface area contributed by atoms with Crippen molar-refractivity contribution in [1.29, 1.82) is 0 Å². The fraction of sp³-hybridized carbons (Fsp3) is 0.0400. The molecule has 4 aromatic rings. The average molecular weight is 412 g/mol. The van der Waals surface area contributed by atoms with Gasteiger partial charge < -0.3 is 19.8 Å². The minimum absolute atomic E-state index is 0.0829. The molecule has 0 aliphatic heterocycles. The second-order valence-corrected chi connectivity index (χ2v) is 6.74. The first kappa shape index (κ1) is 20.0. The number of hydrogen-bond acceptors (Lipinski definition) is 4. The summed E-state index contributed by atoms with van der Waals surface area (Å²) in [4.78, 5) is 25.7. The summed E-state index contributed by atoms with van der Waals surface area (Å²) in [6.07, 6.45) is 3.00. The third-order valence-corrected chi connectivity index (χ3v) is 4.70. The van der Waals surface area contributed by atoms with Crippen LogP contribution in [0.25, 0.3) is 16.8 Å². The molecule has 0 saturated carbocycles. The fourth-order valence-electron chi connectivity index (χ4n) is 3.14. The zero-order chi connectivity index (χ0) is 21.6. The highest BCUT2D eigenvalue weighted by molar-refractivity contribution is 6.13. The minimum atomic E-state index is -0.516. The summed E-state index contributed by atoms with van der Waals surface area (Å²) in [7, 11) is 1.58. The normalized spacial score (nSPS) is 11.2. The molecule has 1 heterocycles. The van der Waals surface area contributed by atoms with Gasteiger partial charge in [0.2, 0.25) is 0 Å². The van der Waals surface area contributed by atoms with Gasteiger partial charge in [-0.15, -0.1) is 0 Å². The number of hydrogen-bond donors (Lipinski definition) is 2. The molecule has 6 nitrogen and oxygen atoms in total. The van der Waals surface area contributed by atoms with Crippen LogP contribution >= 0.6 is 0 Å². The van der Waals surface area contributed by atoms with Gasteiger partial charge in [0.25, 0.3) is 11.8 Å². The summed E-state index contributed by atoms with van der Waals surface area (Å²) in [6.45, 7) is 0. The molecule has 0 bridgehead atoms. The van der Waals surface area contributed by atoms with Gasteiger partial charge in [-0.3, -0.25) is 9.59 Å². The molecule has 0 spiro atoms. The monoisotopic (exact) mass is 412 g/mol. The van der Waals surface area contributed by atoms with Crippen molar-refractivity contribution in [3.05, 3.63) is 102 Å². The molecular weight excluding hydrogens is 392 g/mol. The topological polar surface area (TPSA) is 80.6 Å². The molecule has 2 N–H and O–H groups in total. The van der Waals surface area contributed by atoms with Crippen molar-refractivity contribution in [1.82, 2.24) is 5.32 Å². The Morgan fingerprint density at radius 2 is 1.68 bits per heavy atom. The molecule has 4 rings (SSSR count). The second-order valence-electron chi connectivity index (χ2n) is 6.74. The van der Waals surface area contributed by atoms with E-state index >= 15 is 0 Å². The molecule has 6 heteroatoms. The Bertz CT molecular complexity index is 1240. The van der Waals surface area contributed by atoms with Crippen LogP contribution in [-0.4, -0.2) is 18.9 Å². The lowest BCUT2D eigenvalue weighted by molar-refractivity contribution is -0.113. The minimum Gasteiger partial charge on any atom is -0.497 e. The lowest BCUT2D eigenvalue weighted by atomic mass is 10.1. The van der Waals surface area contributed by atoms with E-state index in [1.165, 1.54) is 12.3 Å². The highest BCUT2D eigenvalue weighted by Crippen LogP contribution is 2.23. The van der Waals surface area contributed by atoms with Crippen LogP contribution in [0.1, 0.15) is 16.1 Å². The fourth-order valence-corrected chi connectivity index (χ4v) is 3.14. The van der Waals surface area contributed by atoms with Crippen LogP contribution in [0.4, 0.5) is 5.69 Å². The molecule has 0 radical (unpaired) electrons. The van der Waals surface area contributed by atoms with Crippen molar-refractivity contribution in [2.45, 2.75) is 0 Å². The lowest BCUT2D eigenvalue weighted by Crippen LogP contribution is -2.30. The number of amides is 2. The van der Waals surface area contributed by atoms with Gasteiger partial charge in [0.1, 0.15) is 11.4 Å². The Kier molecular flexibility index (Phi) is 5.80. The Hall–Kier alpha value is -4.32. The van der Waals surface area contributed by atoms with Crippen LogP contribution in [0, 0.1) is 0 Å². The Balaban J connectivity index is 1.65. The van der Waals surface area contributed by atoms with Crippen LogP contribution in [0.3, 0.4) is 0 Å². The maximum Gasteiger partial charge on any atom is 0.291 e. The smallest absolute Gasteiger partial charge is 0.291 e. The number of carbonyl (C=O) groups is 2. The average Bonchev–Trinajstić information content (AvgIpc) is 3.34. The highest BCUT2D eigenvalue weighted by atomic mass is 16.5. The first-order valence-corrected chi connectivity index (χ1v) is 9.64. The van der Waals surface area contributed by atoms with Crippen LogP contribution in [0.5, 0.6) is 5.75 Å². The van der Waals surface area contributed by atoms with Crippen molar-refractivity contribution in [2.75, 3.05) is 12.4 Å². The van der Waals surface area contributed by atoms with Gasteiger partial charge in [0.05, 0.1) is 13.4 Å². The number of ether oxygens (including phenoxy) is 1. The number of anilines is 1. The molecule has 31 heavy (non-hydrogen) atoms. The summed E-state index contributed by atoms with van der Waals surface area (Å²) >= 11 is 0. The largest absolute Gasteiger partial charge is 0.497 e. The number of fused-ring (bicyclic) bond motifs is 1. The van der Waals surface area contributed by atoms with Gasteiger partial charge in [0, 0.05) is 11.1 Å². The van der Waals surface area contributed by atoms with E-state index < -0.39 is 11.8 Å². The first-order chi connectivity index (χ1) is 15.1. The van der Waals surface area contributed by atoms with Crippen molar-refractivity contribution >= 4 is 34.4 Å². The Morgan fingerprint density at radius 1 is 0.903 bits per heavy atom. The molecule has 0 saturated heterocycles. The summed E-state index contributed by atoms with van der Waals surface area (Å²) in [5.74, 6) is -0.165. The standard InChI is InChI=1S/C25H20N2O4/c1-30-19-13-11-17(12-14-19)16-22(27-25(29)23-10-5-15-31-23)24(28)26-21-9-4-7-18-6-2-3-8-20(18)21/h2-16H,1H3,(H,26,28)(H,27,29)/b22-16-. The Labute approximate surface area is 179 Å². The molecular formula is C25H20N2O4. The van der Waals surface area contributed by atoms with E-state index in [9.17, 15) is 9.59 Å². The summed E-state index contributed by atoms with van der Waals surface area (Å²) in [6, 6.07) is 23.7. The molecule has 0 aliphatic carbocycles. The predicted molar refractivity (Wildman–Crippen MR) is 120 cm³/mol. The van der Waals surface area contributed by atoms with Crippen LogP contribution in [-0.2, 0) is 4.79 Å². The third-order valence-electron chi connectivity index (χ3n) is 4.70. The summed E-state index contributed by atoms with van der Waals surface area (Å²) < 4.78 is 10.3. The van der Waals surface area contributed by atoms with Gasteiger partial charge in [0.15, 0.2) is 5.76 Å². The SMILES string of the molecule is COc1ccc(/C=C(\NC(=O)c2ccco2)C(=O)Nc2cccc3ccccc23)cc1. The third kappa shape index (κ3) is 4.64. The van der Waals surface area contributed by atoms with Crippen LogP contribution in [0.15, 0.2) is 95.2 Å². The first-order valence-electron chi connectivity index (χ1n) is 9.64. The highest BCUT2D eigenvalue weighted by Gasteiger charge is 2.17. The molecule has 0 fully saturated rings. The second kappa shape index (κ2) is 9.00. The van der Waals surface area contributed by atoms with E-state index in [1.54, 1.807) is 43.5 Å². The molecule has 3 aromatic carbocycles. The molecule has 0 atom stereocenters. The van der Waals surface area contributed by atoms with E-state index in [0.29, 0.717) is 11.4 Å². The lowest BCUT2D eigenvalue weighted by Gasteiger charge is -2.12. The molecule has 154 valence electrons. The van der Waals surface area contributed by atoms with E-state index in [1.807, 2.05) is 42.5 Å². The summed E-state index contributed by atoms with van der Waals surface area (Å²) in [5.41, 5.74) is 1.46. The van der Waals surface area contributed by atoms with Crippen molar-refractivity contribution < 1.29 is 18.7 Å². The quantitative estimate of drug-likeness (QED) is 0.444. The zero-order valence-corrected chi connectivity index (χ0v) is 16.8. The number of furan rings is 1. The van der Waals surface area contributed by atoms with Gasteiger partial charge >= 0.3 is 0 Å². The van der Waals surface area contributed by atoms with E-state index in [0.717, 1.165) is 16.3 Å². The maximum atomic E-state index is 13.1. The number of carbonyl (C=O) groups excluding carboxylic acids is 2. The molecule has 0 unspecified atom stereocenters. The number of benzene rings is 3. The van der Waals surface area contributed by atoms with Gasteiger partial charge in [-0.05, 0) is 47.4 Å². The van der Waals surface area contributed by atoms with E-state index in [4.69, 9.17) is 9.15 Å². The van der Waals surface area contributed by atoms with Gasteiger partial charge in [-0.1, -0.05) is 48.5 Å². The van der Waals surface area contributed by atoms with Crippen molar-refractivity contribution in [2.24, 2.45) is 0 Å². The van der Waals surface area contributed by atoms with E-state index in [2.05, 4.69) is 10.6 Å². The number of nitrogens with one attached hydrogen (secondary N) is 2. The van der Waals surface area contributed by atoms with Gasteiger partial charge in [-0.2, -0.15) is 0 Å². The van der Waals surface area contributed by atoms with Crippen molar-refractivity contribution in [3.63, 3.8) is 0 Å². The van der Waals surface area contributed by atoms with Gasteiger partial charge in [-0.25, -0.2) is 0 Å².